The third kappa shape index (κ3) is 3.18. The summed E-state index contributed by atoms with van der Waals surface area (Å²) >= 11 is 0. The van der Waals surface area contributed by atoms with Gasteiger partial charge in [-0.15, -0.1) is 10.2 Å². The van der Waals surface area contributed by atoms with Crippen LogP contribution in [-0.2, 0) is 6.54 Å². The molecule has 2 atom stereocenters. The van der Waals surface area contributed by atoms with Crippen LogP contribution in [0, 0.1) is 0 Å². The molecular weight excluding hydrogens is 386 g/mol. The first-order valence-electron chi connectivity index (χ1n) is 10.8. The molecular formula is C24H23N7. The molecule has 0 spiro atoms. The number of para-hydroxylation sites is 2. The van der Waals surface area contributed by atoms with Crippen molar-refractivity contribution in [2.45, 2.75) is 38.1 Å². The standard InChI is InChI=1S/C24H23N7/c1-2-9-18(10-3-1)17-29-23(30-21-13-6-4-11-19(21)25-27-30)15-8-16-24(29)31-22-14-7-5-12-20(22)26-28-31/h1-7,9-14,23-24H,8,15-17H2. The molecule has 0 aliphatic carbocycles. The summed E-state index contributed by atoms with van der Waals surface area (Å²) in [5.41, 5.74) is 5.25. The van der Waals surface area contributed by atoms with E-state index in [1.165, 1.54) is 5.56 Å². The van der Waals surface area contributed by atoms with Gasteiger partial charge in [0.2, 0.25) is 0 Å². The van der Waals surface area contributed by atoms with Gasteiger partial charge in [0.05, 0.1) is 11.0 Å². The lowest BCUT2D eigenvalue weighted by molar-refractivity contribution is -0.0143. The van der Waals surface area contributed by atoms with Gasteiger partial charge in [-0.3, -0.25) is 4.90 Å². The molecule has 7 heteroatoms. The number of likely N-dealkylation sites (tertiary alicyclic amines) is 1. The van der Waals surface area contributed by atoms with Gasteiger partial charge in [0.15, 0.2) is 0 Å². The van der Waals surface area contributed by atoms with Gasteiger partial charge in [0.25, 0.3) is 0 Å². The van der Waals surface area contributed by atoms with Crippen LogP contribution in [0.1, 0.15) is 37.2 Å². The zero-order valence-electron chi connectivity index (χ0n) is 17.1. The molecule has 0 saturated carbocycles. The van der Waals surface area contributed by atoms with Crippen LogP contribution < -0.4 is 0 Å². The van der Waals surface area contributed by atoms with E-state index in [9.17, 15) is 0 Å². The number of benzene rings is 3. The molecule has 1 saturated heterocycles. The molecule has 1 aliphatic heterocycles. The monoisotopic (exact) mass is 409 g/mol. The maximum atomic E-state index is 4.57. The quantitative estimate of drug-likeness (QED) is 0.435. The molecule has 0 N–H and O–H groups in total. The number of hydrogen-bond acceptors (Lipinski definition) is 5. The Hall–Kier alpha value is -3.58. The third-order valence-electron chi connectivity index (χ3n) is 6.22. The summed E-state index contributed by atoms with van der Waals surface area (Å²) in [5.74, 6) is 0. The van der Waals surface area contributed by atoms with E-state index in [0.29, 0.717) is 0 Å². The van der Waals surface area contributed by atoms with Crippen molar-refractivity contribution < 1.29 is 0 Å². The molecule has 3 heterocycles. The molecule has 1 fully saturated rings. The van der Waals surface area contributed by atoms with Crippen molar-refractivity contribution in [2.24, 2.45) is 0 Å². The molecule has 1 aliphatic rings. The van der Waals surface area contributed by atoms with Gasteiger partial charge in [-0.25, -0.2) is 9.36 Å². The molecule has 3 aromatic carbocycles. The van der Waals surface area contributed by atoms with Gasteiger partial charge >= 0.3 is 0 Å². The van der Waals surface area contributed by atoms with E-state index in [-0.39, 0.29) is 12.3 Å². The molecule has 2 unspecified atom stereocenters. The van der Waals surface area contributed by atoms with Gasteiger partial charge < -0.3 is 0 Å². The highest BCUT2D eigenvalue weighted by Gasteiger charge is 2.35. The van der Waals surface area contributed by atoms with Gasteiger partial charge in [0, 0.05) is 6.54 Å². The first-order chi connectivity index (χ1) is 15.4. The fourth-order valence-corrected chi connectivity index (χ4v) is 4.76. The molecule has 154 valence electrons. The normalized spacial score (nSPS) is 19.9. The first-order valence-corrected chi connectivity index (χ1v) is 10.8. The minimum absolute atomic E-state index is 0.0920. The molecule has 0 radical (unpaired) electrons. The van der Waals surface area contributed by atoms with Gasteiger partial charge in [-0.05, 0) is 49.1 Å². The topological polar surface area (TPSA) is 64.7 Å². The Morgan fingerprint density at radius 2 is 1.16 bits per heavy atom. The largest absolute Gasteiger partial charge is 0.255 e. The average molecular weight is 409 g/mol. The van der Waals surface area contributed by atoms with Crippen LogP contribution in [0.2, 0.25) is 0 Å². The van der Waals surface area contributed by atoms with E-state index in [1.54, 1.807) is 0 Å². The van der Waals surface area contributed by atoms with Crippen LogP contribution in [0.5, 0.6) is 0 Å². The molecule has 5 aromatic rings. The van der Waals surface area contributed by atoms with Crippen molar-refractivity contribution in [3.05, 3.63) is 84.4 Å². The Labute approximate surface area is 179 Å². The lowest BCUT2D eigenvalue weighted by atomic mass is 10.0. The summed E-state index contributed by atoms with van der Waals surface area (Å²) in [5, 5.41) is 18.0. The van der Waals surface area contributed by atoms with Crippen LogP contribution in [0.25, 0.3) is 22.1 Å². The van der Waals surface area contributed by atoms with Crippen molar-refractivity contribution in [2.75, 3.05) is 0 Å². The Balaban J connectivity index is 1.47. The highest BCUT2D eigenvalue weighted by atomic mass is 15.6. The number of rotatable bonds is 4. The number of aromatic nitrogens is 6. The molecule has 7 nitrogen and oxygen atoms in total. The molecule has 0 bridgehead atoms. The van der Waals surface area contributed by atoms with Crippen molar-refractivity contribution in [3.63, 3.8) is 0 Å². The summed E-state index contributed by atoms with van der Waals surface area (Å²) in [6, 6.07) is 27.0. The summed E-state index contributed by atoms with van der Waals surface area (Å²) in [7, 11) is 0. The third-order valence-corrected chi connectivity index (χ3v) is 6.22. The number of fused-ring (bicyclic) bond motifs is 2. The van der Waals surface area contributed by atoms with Crippen molar-refractivity contribution in [1.29, 1.82) is 0 Å². The summed E-state index contributed by atoms with van der Waals surface area (Å²) in [6.45, 7) is 0.804. The Bertz CT molecular complexity index is 1240. The van der Waals surface area contributed by atoms with Crippen LogP contribution in [-0.4, -0.2) is 34.9 Å². The highest BCUT2D eigenvalue weighted by Crippen LogP contribution is 2.39. The summed E-state index contributed by atoms with van der Waals surface area (Å²) in [4.78, 5) is 2.50. The number of nitrogens with zero attached hydrogens (tertiary/aromatic N) is 7. The first kappa shape index (κ1) is 18.2. The Morgan fingerprint density at radius 3 is 1.74 bits per heavy atom. The van der Waals surface area contributed by atoms with Crippen molar-refractivity contribution in [3.8, 4) is 0 Å². The predicted molar refractivity (Wildman–Crippen MR) is 119 cm³/mol. The number of piperidine rings is 1. The van der Waals surface area contributed by atoms with Gasteiger partial charge in [-0.1, -0.05) is 65.0 Å². The SMILES string of the molecule is c1ccc(CN2C(n3nnc4ccccc43)CCCC2n2nnc3ccccc32)cc1. The van der Waals surface area contributed by atoms with E-state index in [1.807, 2.05) is 24.3 Å². The van der Waals surface area contributed by atoms with Crippen LogP contribution in [0.15, 0.2) is 78.9 Å². The molecule has 0 amide bonds. The van der Waals surface area contributed by atoms with Crippen molar-refractivity contribution in [1.82, 2.24) is 34.9 Å². The lowest BCUT2D eigenvalue weighted by Gasteiger charge is -2.42. The van der Waals surface area contributed by atoms with Crippen molar-refractivity contribution >= 4 is 22.1 Å². The maximum absolute atomic E-state index is 4.57. The van der Waals surface area contributed by atoms with Gasteiger partial charge in [-0.2, -0.15) is 0 Å². The van der Waals surface area contributed by atoms with Gasteiger partial charge in [0.1, 0.15) is 23.4 Å². The van der Waals surface area contributed by atoms with E-state index < -0.39 is 0 Å². The Morgan fingerprint density at radius 1 is 0.645 bits per heavy atom. The zero-order valence-corrected chi connectivity index (χ0v) is 17.1. The average Bonchev–Trinajstić information content (AvgIpc) is 3.45. The zero-order chi connectivity index (χ0) is 20.6. The fraction of sp³-hybridized carbons (Fsp3) is 0.250. The maximum Gasteiger partial charge on any atom is 0.113 e. The molecule has 2 aromatic heterocycles. The minimum Gasteiger partial charge on any atom is -0.255 e. The fourth-order valence-electron chi connectivity index (χ4n) is 4.76. The van der Waals surface area contributed by atoms with E-state index in [4.69, 9.17) is 0 Å². The van der Waals surface area contributed by atoms with Crippen LogP contribution in [0.4, 0.5) is 0 Å². The minimum atomic E-state index is 0.0920. The smallest absolute Gasteiger partial charge is 0.113 e. The van der Waals surface area contributed by atoms with E-state index >= 15 is 0 Å². The highest BCUT2D eigenvalue weighted by molar-refractivity contribution is 5.74. The van der Waals surface area contributed by atoms with E-state index in [2.05, 4.69) is 89.5 Å². The molecule has 31 heavy (non-hydrogen) atoms. The number of hydrogen-bond donors (Lipinski definition) is 0. The summed E-state index contributed by atoms with van der Waals surface area (Å²) in [6.07, 6.45) is 3.30. The summed E-state index contributed by atoms with van der Waals surface area (Å²) < 4.78 is 4.17. The molecule has 6 rings (SSSR count). The van der Waals surface area contributed by atoms with Crippen LogP contribution in [0.3, 0.4) is 0 Å². The Kier molecular flexibility index (Phi) is 4.46. The second kappa shape index (κ2) is 7.59. The predicted octanol–water partition coefficient (Wildman–Crippen LogP) is 4.56. The second-order valence-electron chi connectivity index (χ2n) is 8.10. The van der Waals surface area contributed by atoms with Crippen LogP contribution >= 0.6 is 0 Å². The van der Waals surface area contributed by atoms with E-state index in [0.717, 1.165) is 47.9 Å². The second-order valence-corrected chi connectivity index (χ2v) is 8.10. The lowest BCUT2D eigenvalue weighted by Crippen LogP contribution is -2.42.